The van der Waals surface area contributed by atoms with E-state index in [-0.39, 0.29) is 0 Å². The van der Waals surface area contributed by atoms with Crippen LogP contribution in [0.25, 0.3) is 0 Å². The lowest BCUT2D eigenvalue weighted by Crippen LogP contribution is -2.37. The van der Waals surface area contributed by atoms with E-state index in [0.717, 1.165) is 10.0 Å². The maximum Gasteiger partial charge on any atom is 0.320 e. The van der Waals surface area contributed by atoms with Crippen LogP contribution in [0, 0.1) is 12.8 Å². The van der Waals surface area contributed by atoms with Crippen LogP contribution in [0.1, 0.15) is 31.4 Å². The molecule has 0 bridgehead atoms. The molecule has 0 fully saturated rings. The molecule has 1 aromatic carbocycles. The van der Waals surface area contributed by atoms with E-state index in [9.17, 15) is 4.79 Å². The minimum atomic E-state index is -0.785. The Hall–Kier alpha value is -0.870. The van der Waals surface area contributed by atoms with Gasteiger partial charge in [-0.25, -0.2) is 0 Å². The van der Waals surface area contributed by atoms with Crippen molar-refractivity contribution in [2.45, 2.75) is 39.8 Å². The van der Waals surface area contributed by atoms with Crippen molar-refractivity contribution in [3.05, 3.63) is 33.8 Å². The average molecular weight is 314 g/mol. The largest absolute Gasteiger partial charge is 0.480 e. The molecular weight excluding hydrogens is 294 g/mol. The van der Waals surface area contributed by atoms with E-state index in [2.05, 4.69) is 21.2 Å². The Bertz CT molecular complexity index is 418. The predicted octanol–water partition coefficient (Wildman–Crippen LogP) is 3.35. The van der Waals surface area contributed by atoms with Crippen LogP contribution in [0.3, 0.4) is 0 Å². The zero-order valence-corrected chi connectivity index (χ0v) is 12.6. The lowest BCUT2D eigenvalue weighted by atomic mass is 10.0. The normalized spacial score (nSPS) is 12.7. The smallest absolute Gasteiger partial charge is 0.320 e. The van der Waals surface area contributed by atoms with Crippen LogP contribution < -0.4 is 5.32 Å². The standard InChI is InChI=1S/C14H20BrNO2/c1-9(2)6-13(14(17)18)16-8-11-5-4-10(3)7-12(11)15/h4-5,7,9,13,16H,6,8H2,1-3H3,(H,17,18)/t13-/m0/s1. The Labute approximate surface area is 117 Å². The maximum atomic E-state index is 11.1. The van der Waals surface area contributed by atoms with Gasteiger partial charge in [0.05, 0.1) is 0 Å². The Morgan fingerprint density at radius 2 is 2.11 bits per heavy atom. The molecule has 0 saturated carbocycles. The zero-order chi connectivity index (χ0) is 13.7. The summed E-state index contributed by atoms with van der Waals surface area (Å²) in [6.07, 6.45) is 0.638. The van der Waals surface area contributed by atoms with E-state index in [4.69, 9.17) is 5.11 Å². The van der Waals surface area contributed by atoms with Crippen molar-refractivity contribution in [2.75, 3.05) is 0 Å². The number of aryl methyl sites for hydroxylation is 1. The Kier molecular flexibility index (Phi) is 5.82. The second-order valence-electron chi connectivity index (χ2n) is 5.00. The van der Waals surface area contributed by atoms with E-state index < -0.39 is 12.0 Å². The van der Waals surface area contributed by atoms with Crippen molar-refractivity contribution >= 4 is 21.9 Å². The number of aliphatic carboxylic acids is 1. The molecule has 0 aliphatic rings. The van der Waals surface area contributed by atoms with Gasteiger partial charge in [-0.2, -0.15) is 0 Å². The molecule has 0 heterocycles. The van der Waals surface area contributed by atoms with E-state index in [1.165, 1.54) is 5.56 Å². The van der Waals surface area contributed by atoms with E-state index in [0.29, 0.717) is 18.9 Å². The number of rotatable bonds is 6. The van der Waals surface area contributed by atoms with Gasteiger partial charge < -0.3 is 10.4 Å². The predicted molar refractivity (Wildman–Crippen MR) is 76.6 cm³/mol. The third-order valence-electron chi connectivity index (χ3n) is 2.75. The van der Waals surface area contributed by atoms with Crippen LogP contribution in [-0.4, -0.2) is 17.1 Å². The average Bonchev–Trinajstić information content (AvgIpc) is 2.25. The molecule has 0 aliphatic heterocycles. The first-order valence-corrected chi connectivity index (χ1v) is 6.90. The second kappa shape index (κ2) is 6.90. The van der Waals surface area contributed by atoms with Gasteiger partial charge in [0.25, 0.3) is 0 Å². The maximum absolute atomic E-state index is 11.1. The van der Waals surface area contributed by atoms with Crippen molar-refractivity contribution in [1.82, 2.24) is 5.32 Å². The first kappa shape index (κ1) is 15.2. The minimum absolute atomic E-state index is 0.361. The SMILES string of the molecule is Cc1ccc(CN[C@@H](CC(C)C)C(=O)O)c(Br)c1. The van der Waals surface area contributed by atoms with Gasteiger partial charge >= 0.3 is 5.97 Å². The minimum Gasteiger partial charge on any atom is -0.480 e. The van der Waals surface area contributed by atoms with Crippen LogP contribution in [0.15, 0.2) is 22.7 Å². The first-order chi connectivity index (χ1) is 8.40. The fraction of sp³-hybridized carbons (Fsp3) is 0.500. The lowest BCUT2D eigenvalue weighted by molar-refractivity contribution is -0.140. The Morgan fingerprint density at radius 1 is 1.44 bits per heavy atom. The van der Waals surface area contributed by atoms with Crippen LogP contribution in [-0.2, 0) is 11.3 Å². The molecule has 0 unspecified atom stereocenters. The van der Waals surface area contributed by atoms with Crippen LogP contribution in [0.2, 0.25) is 0 Å². The van der Waals surface area contributed by atoms with Gasteiger partial charge in [0.1, 0.15) is 6.04 Å². The van der Waals surface area contributed by atoms with Crippen LogP contribution in [0.4, 0.5) is 0 Å². The van der Waals surface area contributed by atoms with Gasteiger partial charge in [-0.15, -0.1) is 0 Å². The Balaban J connectivity index is 2.64. The molecule has 0 spiro atoms. The number of carbonyl (C=O) groups is 1. The quantitative estimate of drug-likeness (QED) is 0.846. The van der Waals surface area contributed by atoms with Crippen LogP contribution >= 0.6 is 15.9 Å². The summed E-state index contributed by atoms with van der Waals surface area (Å²) >= 11 is 3.50. The molecule has 100 valence electrons. The molecule has 0 radical (unpaired) electrons. The van der Waals surface area contributed by atoms with Gasteiger partial charge in [-0.1, -0.05) is 41.9 Å². The summed E-state index contributed by atoms with van der Waals surface area (Å²) in [5.41, 5.74) is 2.26. The zero-order valence-electron chi connectivity index (χ0n) is 11.0. The molecule has 0 aromatic heterocycles. The summed E-state index contributed by atoms with van der Waals surface area (Å²) < 4.78 is 1.02. The Morgan fingerprint density at radius 3 is 2.61 bits per heavy atom. The van der Waals surface area contributed by atoms with Crippen molar-refractivity contribution in [1.29, 1.82) is 0 Å². The summed E-state index contributed by atoms with van der Waals surface area (Å²) in [6.45, 7) is 6.64. The number of hydrogen-bond acceptors (Lipinski definition) is 2. The summed E-state index contributed by atoms with van der Waals surface area (Å²) in [6, 6.07) is 5.59. The van der Waals surface area contributed by atoms with Gasteiger partial charge in [-0.3, -0.25) is 4.79 Å². The third kappa shape index (κ3) is 4.78. The van der Waals surface area contributed by atoms with Crippen molar-refractivity contribution < 1.29 is 9.90 Å². The molecular formula is C14H20BrNO2. The monoisotopic (exact) mass is 313 g/mol. The first-order valence-electron chi connectivity index (χ1n) is 6.11. The number of nitrogens with one attached hydrogen (secondary N) is 1. The summed E-state index contributed by atoms with van der Waals surface area (Å²) in [5, 5.41) is 12.2. The van der Waals surface area contributed by atoms with E-state index in [1.807, 2.05) is 39.0 Å². The molecule has 1 atom stereocenters. The second-order valence-corrected chi connectivity index (χ2v) is 5.85. The molecule has 1 aromatic rings. The third-order valence-corrected chi connectivity index (χ3v) is 3.49. The van der Waals surface area contributed by atoms with Crippen molar-refractivity contribution in [3.63, 3.8) is 0 Å². The fourth-order valence-corrected chi connectivity index (χ4v) is 2.41. The molecule has 0 amide bonds. The molecule has 3 nitrogen and oxygen atoms in total. The fourth-order valence-electron chi connectivity index (χ4n) is 1.77. The molecule has 2 N–H and O–H groups in total. The number of benzene rings is 1. The highest BCUT2D eigenvalue weighted by Gasteiger charge is 2.18. The summed E-state index contributed by atoms with van der Waals surface area (Å²) in [5.74, 6) is -0.424. The van der Waals surface area contributed by atoms with E-state index in [1.54, 1.807) is 0 Å². The van der Waals surface area contributed by atoms with Crippen molar-refractivity contribution in [3.8, 4) is 0 Å². The molecule has 1 rings (SSSR count). The molecule has 4 heteroatoms. The van der Waals surface area contributed by atoms with Gasteiger partial charge in [-0.05, 0) is 36.5 Å². The molecule has 0 aliphatic carbocycles. The van der Waals surface area contributed by atoms with Gasteiger partial charge in [0.15, 0.2) is 0 Å². The van der Waals surface area contributed by atoms with Crippen molar-refractivity contribution in [2.24, 2.45) is 5.92 Å². The number of carboxylic acid groups (broad SMARTS) is 1. The topological polar surface area (TPSA) is 49.3 Å². The number of halogens is 1. The number of hydrogen-bond donors (Lipinski definition) is 2. The lowest BCUT2D eigenvalue weighted by Gasteiger charge is -2.17. The summed E-state index contributed by atoms with van der Waals surface area (Å²) in [4.78, 5) is 11.1. The van der Waals surface area contributed by atoms with Gasteiger partial charge in [0.2, 0.25) is 0 Å². The van der Waals surface area contributed by atoms with E-state index >= 15 is 0 Å². The molecule has 0 saturated heterocycles. The summed E-state index contributed by atoms with van der Waals surface area (Å²) in [7, 11) is 0. The van der Waals surface area contributed by atoms with Gasteiger partial charge in [0, 0.05) is 11.0 Å². The number of carboxylic acids is 1. The molecule has 18 heavy (non-hydrogen) atoms. The highest BCUT2D eigenvalue weighted by molar-refractivity contribution is 9.10. The highest BCUT2D eigenvalue weighted by atomic mass is 79.9. The van der Waals surface area contributed by atoms with Crippen LogP contribution in [0.5, 0.6) is 0 Å². The highest BCUT2D eigenvalue weighted by Crippen LogP contribution is 2.18.